The summed E-state index contributed by atoms with van der Waals surface area (Å²) in [6.45, 7) is 4.67. The van der Waals surface area contributed by atoms with E-state index in [1.54, 1.807) is 18.2 Å². The first-order chi connectivity index (χ1) is 7.05. The van der Waals surface area contributed by atoms with Gasteiger partial charge in [0.1, 0.15) is 0 Å². The summed E-state index contributed by atoms with van der Waals surface area (Å²) in [6, 6.07) is 6.46. The Balaban J connectivity index is 2.42. The Labute approximate surface area is 90.4 Å². The second kappa shape index (κ2) is 5.12. The van der Waals surface area contributed by atoms with Gasteiger partial charge in [-0.2, -0.15) is 0 Å². The van der Waals surface area contributed by atoms with Crippen LogP contribution in [0.3, 0.4) is 0 Å². The van der Waals surface area contributed by atoms with Crippen LogP contribution in [-0.2, 0) is 0 Å². The first-order valence-electron chi connectivity index (χ1n) is 5.11. The van der Waals surface area contributed by atoms with Crippen molar-refractivity contribution in [3.63, 3.8) is 0 Å². The molecule has 0 unspecified atom stereocenters. The summed E-state index contributed by atoms with van der Waals surface area (Å²) >= 11 is 0. The summed E-state index contributed by atoms with van der Waals surface area (Å²) in [6.07, 6.45) is 0.831. The van der Waals surface area contributed by atoms with Crippen LogP contribution in [-0.4, -0.2) is 19.2 Å². The Kier molecular flexibility index (Phi) is 4.09. The number of hydrogen-bond donors (Lipinski definition) is 1. The molecule has 0 saturated heterocycles. The molecule has 1 aromatic carbocycles. The molecular formula is C12H18FNO. The quantitative estimate of drug-likeness (QED) is 0.808. The fourth-order valence-electron chi connectivity index (χ4n) is 1.10. The lowest BCUT2D eigenvalue weighted by molar-refractivity contribution is 0.247. The topological polar surface area (TPSA) is 21.3 Å². The molecule has 3 heteroatoms. The zero-order valence-corrected chi connectivity index (χ0v) is 9.51. The summed E-state index contributed by atoms with van der Waals surface area (Å²) < 4.78 is 18.5. The maximum absolute atomic E-state index is 13.2. The third-order valence-electron chi connectivity index (χ3n) is 2.50. The Morgan fingerprint density at radius 2 is 2.00 bits per heavy atom. The minimum Gasteiger partial charge on any atom is -0.490 e. The van der Waals surface area contributed by atoms with E-state index in [0.29, 0.717) is 12.4 Å². The molecule has 0 radical (unpaired) electrons. The van der Waals surface area contributed by atoms with Gasteiger partial charge in [0, 0.05) is 5.54 Å². The van der Waals surface area contributed by atoms with Gasteiger partial charge in [-0.25, -0.2) is 4.39 Å². The lowest BCUT2D eigenvalue weighted by Gasteiger charge is -2.23. The predicted molar refractivity (Wildman–Crippen MR) is 59.7 cm³/mol. The van der Waals surface area contributed by atoms with E-state index in [2.05, 4.69) is 19.2 Å². The van der Waals surface area contributed by atoms with Crippen LogP contribution in [0.1, 0.15) is 20.3 Å². The van der Waals surface area contributed by atoms with Gasteiger partial charge in [-0.1, -0.05) is 12.1 Å². The van der Waals surface area contributed by atoms with Crippen LogP contribution < -0.4 is 10.1 Å². The van der Waals surface area contributed by atoms with E-state index in [0.717, 1.165) is 6.42 Å². The largest absolute Gasteiger partial charge is 0.490 e. The van der Waals surface area contributed by atoms with Crippen molar-refractivity contribution in [1.29, 1.82) is 0 Å². The number of ether oxygens (including phenoxy) is 1. The van der Waals surface area contributed by atoms with Crippen LogP contribution >= 0.6 is 0 Å². The van der Waals surface area contributed by atoms with Crippen LogP contribution in [0.4, 0.5) is 4.39 Å². The normalized spacial score (nSPS) is 11.5. The van der Waals surface area contributed by atoms with Crippen LogP contribution in [0.2, 0.25) is 0 Å². The van der Waals surface area contributed by atoms with Gasteiger partial charge in [-0.15, -0.1) is 0 Å². The van der Waals surface area contributed by atoms with E-state index in [9.17, 15) is 4.39 Å². The maximum atomic E-state index is 13.2. The molecule has 0 aliphatic carbocycles. The van der Waals surface area contributed by atoms with Gasteiger partial charge in [0.15, 0.2) is 11.6 Å². The Bertz CT molecular complexity index is 312. The monoisotopic (exact) mass is 211 g/mol. The summed E-state index contributed by atoms with van der Waals surface area (Å²) in [5.74, 6) is 0.0177. The summed E-state index contributed by atoms with van der Waals surface area (Å²) in [5, 5.41) is 3.17. The van der Waals surface area contributed by atoms with Crippen LogP contribution in [0.25, 0.3) is 0 Å². The lowest BCUT2D eigenvalue weighted by atomic mass is 10.0. The molecule has 0 fully saturated rings. The summed E-state index contributed by atoms with van der Waals surface area (Å²) in [4.78, 5) is 0. The Hall–Kier alpha value is -1.09. The molecule has 0 heterocycles. The molecule has 1 aromatic rings. The first kappa shape index (κ1) is 12.0. The van der Waals surface area contributed by atoms with Crippen molar-refractivity contribution in [2.24, 2.45) is 0 Å². The van der Waals surface area contributed by atoms with Gasteiger partial charge in [0.05, 0.1) is 6.61 Å². The van der Waals surface area contributed by atoms with Crippen molar-refractivity contribution in [3.05, 3.63) is 30.1 Å². The maximum Gasteiger partial charge on any atom is 0.165 e. The first-order valence-corrected chi connectivity index (χ1v) is 5.11. The molecule has 0 bridgehead atoms. The highest BCUT2D eigenvalue weighted by Gasteiger charge is 2.14. The van der Waals surface area contributed by atoms with Crippen molar-refractivity contribution >= 4 is 0 Å². The molecule has 0 aliphatic rings. The molecule has 0 aromatic heterocycles. The number of hydrogen-bond acceptors (Lipinski definition) is 2. The minimum absolute atomic E-state index is 0.0191. The molecule has 0 atom stereocenters. The predicted octanol–water partition coefficient (Wildman–Crippen LogP) is 2.59. The van der Waals surface area contributed by atoms with E-state index in [-0.39, 0.29) is 11.4 Å². The van der Waals surface area contributed by atoms with Crippen LogP contribution in [0, 0.1) is 5.82 Å². The molecule has 15 heavy (non-hydrogen) atoms. The molecule has 2 nitrogen and oxygen atoms in total. The van der Waals surface area contributed by atoms with Crippen molar-refractivity contribution in [3.8, 4) is 5.75 Å². The van der Waals surface area contributed by atoms with E-state index < -0.39 is 0 Å². The average Bonchev–Trinajstić information content (AvgIpc) is 2.21. The fraction of sp³-hybridized carbons (Fsp3) is 0.500. The molecular weight excluding hydrogens is 193 g/mol. The van der Waals surface area contributed by atoms with Crippen molar-refractivity contribution in [2.45, 2.75) is 25.8 Å². The molecule has 0 aliphatic heterocycles. The molecule has 0 spiro atoms. The van der Waals surface area contributed by atoms with Gasteiger partial charge < -0.3 is 10.1 Å². The SMILES string of the molecule is CNC(C)(C)CCOc1ccccc1F. The van der Waals surface area contributed by atoms with Crippen molar-refractivity contribution < 1.29 is 9.13 Å². The van der Waals surface area contributed by atoms with Gasteiger partial charge in [0.25, 0.3) is 0 Å². The number of rotatable bonds is 5. The van der Waals surface area contributed by atoms with Crippen molar-refractivity contribution in [2.75, 3.05) is 13.7 Å². The van der Waals surface area contributed by atoms with Gasteiger partial charge >= 0.3 is 0 Å². The average molecular weight is 211 g/mol. The second-order valence-electron chi connectivity index (χ2n) is 4.16. The third kappa shape index (κ3) is 3.88. The van der Waals surface area contributed by atoms with Crippen molar-refractivity contribution in [1.82, 2.24) is 5.32 Å². The fourth-order valence-corrected chi connectivity index (χ4v) is 1.10. The molecule has 1 rings (SSSR count). The van der Waals surface area contributed by atoms with Gasteiger partial charge in [-0.3, -0.25) is 0 Å². The highest BCUT2D eigenvalue weighted by Crippen LogP contribution is 2.16. The zero-order chi connectivity index (χ0) is 11.3. The molecule has 0 saturated carbocycles. The highest BCUT2D eigenvalue weighted by molar-refractivity contribution is 5.23. The third-order valence-corrected chi connectivity index (χ3v) is 2.50. The number of para-hydroxylation sites is 1. The van der Waals surface area contributed by atoms with E-state index >= 15 is 0 Å². The minimum atomic E-state index is -0.306. The Morgan fingerprint density at radius 3 is 2.60 bits per heavy atom. The summed E-state index contributed by atoms with van der Waals surface area (Å²) in [7, 11) is 1.91. The zero-order valence-electron chi connectivity index (χ0n) is 9.51. The van der Waals surface area contributed by atoms with Crippen LogP contribution in [0.5, 0.6) is 5.75 Å². The molecule has 84 valence electrons. The second-order valence-corrected chi connectivity index (χ2v) is 4.16. The summed E-state index contributed by atoms with van der Waals surface area (Å²) in [5.41, 5.74) is 0.0191. The smallest absolute Gasteiger partial charge is 0.165 e. The Morgan fingerprint density at radius 1 is 1.33 bits per heavy atom. The molecule has 1 N–H and O–H groups in total. The van der Waals surface area contributed by atoms with E-state index in [1.165, 1.54) is 6.07 Å². The van der Waals surface area contributed by atoms with E-state index in [1.807, 2.05) is 7.05 Å². The van der Waals surface area contributed by atoms with Gasteiger partial charge in [0.2, 0.25) is 0 Å². The molecule has 0 amide bonds. The van der Waals surface area contributed by atoms with Crippen LogP contribution in [0.15, 0.2) is 24.3 Å². The number of nitrogens with one attached hydrogen (secondary N) is 1. The number of benzene rings is 1. The number of halogens is 1. The lowest BCUT2D eigenvalue weighted by Crippen LogP contribution is -2.37. The standard InChI is InChI=1S/C12H18FNO/c1-12(2,14-3)8-9-15-11-7-5-4-6-10(11)13/h4-7,14H,8-9H2,1-3H3. The highest BCUT2D eigenvalue weighted by atomic mass is 19.1. The van der Waals surface area contributed by atoms with Gasteiger partial charge in [-0.05, 0) is 39.4 Å². The van der Waals surface area contributed by atoms with E-state index in [4.69, 9.17) is 4.74 Å².